The summed E-state index contributed by atoms with van der Waals surface area (Å²) in [6.45, 7) is 2.85. The molecule has 2 nitrogen and oxygen atoms in total. The number of rotatable bonds is 2. The van der Waals surface area contributed by atoms with Crippen LogP contribution in [-0.4, -0.2) is 17.3 Å². The number of carboxylic acid groups (broad SMARTS) is 1. The van der Waals surface area contributed by atoms with Crippen LogP contribution in [0.2, 0.25) is 0 Å². The molecule has 0 aliphatic carbocycles. The Hall–Kier alpha value is -1.22. The Morgan fingerprint density at radius 1 is 1.64 bits per heavy atom. The van der Waals surface area contributed by atoms with E-state index in [2.05, 4.69) is 6.58 Å². The van der Waals surface area contributed by atoms with Crippen LogP contribution in [0.15, 0.2) is 18.4 Å². The van der Waals surface area contributed by atoms with Crippen LogP contribution in [0.5, 0.6) is 0 Å². The predicted molar refractivity (Wildman–Crippen MR) is 30.9 cm³/mol. The topological polar surface area (TPSA) is 37.3 Å². The number of aliphatic carboxylic acids is 1. The van der Waals surface area contributed by atoms with Crippen molar-refractivity contribution in [1.29, 1.82) is 0 Å². The number of hydrogen-bond acceptors (Lipinski definition) is 1. The van der Waals surface area contributed by atoms with Gasteiger partial charge in [-0.15, -0.1) is 5.73 Å². The van der Waals surface area contributed by atoms with Crippen LogP contribution in [-0.2, 0) is 4.79 Å². The van der Waals surface area contributed by atoms with E-state index in [1.54, 1.807) is 5.73 Å². The van der Waals surface area contributed by atoms with Crippen molar-refractivity contribution >= 4 is 5.97 Å². The van der Waals surface area contributed by atoms with Gasteiger partial charge in [-0.1, -0.05) is 6.58 Å². The first-order chi connectivity index (χ1) is 4.89. The minimum absolute atomic E-state index is 0.363. The molecule has 0 saturated carbocycles. The Labute approximate surface area is 60.6 Å². The average molecular weight is 166 g/mol. The first kappa shape index (κ1) is 9.78. The smallest absolute Gasteiger partial charge is 0.406 e. The molecule has 11 heavy (non-hydrogen) atoms. The maximum Gasteiger partial charge on any atom is 0.406 e. The van der Waals surface area contributed by atoms with E-state index in [9.17, 15) is 18.0 Å². The van der Waals surface area contributed by atoms with E-state index in [1.165, 1.54) is 0 Å². The molecule has 0 fully saturated rings. The Balaban J connectivity index is 4.61. The molecule has 5 heteroatoms. The van der Waals surface area contributed by atoms with E-state index in [1.807, 2.05) is 0 Å². The van der Waals surface area contributed by atoms with E-state index in [-0.39, 0.29) is 0 Å². The summed E-state index contributed by atoms with van der Waals surface area (Å²) in [4.78, 5) is 9.92. The van der Waals surface area contributed by atoms with Gasteiger partial charge in [0, 0.05) is 0 Å². The zero-order chi connectivity index (χ0) is 9.07. The van der Waals surface area contributed by atoms with Crippen molar-refractivity contribution in [3.8, 4) is 0 Å². The van der Waals surface area contributed by atoms with Gasteiger partial charge in [0.2, 0.25) is 0 Å². The Kier molecular flexibility index (Phi) is 2.89. The van der Waals surface area contributed by atoms with Gasteiger partial charge in [-0.05, 0) is 6.08 Å². The van der Waals surface area contributed by atoms with Gasteiger partial charge in [0.1, 0.15) is 0 Å². The molecule has 0 aromatic carbocycles. The third kappa shape index (κ3) is 2.91. The highest BCUT2D eigenvalue weighted by Gasteiger charge is 2.43. The molecule has 0 aliphatic heterocycles. The number of carboxylic acids is 1. The van der Waals surface area contributed by atoms with Crippen molar-refractivity contribution in [2.75, 3.05) is 0 Å². The molecule has 0 aliphatic rings. The summed E-state index contributed by atoms with van der Waals surface area (Å²) in [7, 11) is 0. The second-order valence-electron chi connectivity index (χ2n) is 1.73. The minimum Gasteiger partial charge on any atom is -0.481 e. The molecule has 0 amide bonds. The largest absolute Gasteiger partial charge is 0.481 e. The van der Waals surface area contributed by atoms with E-state index in [0.717, 1.165) is 0 Å². The molecule has 1 unspecified atom stereocenters. The lowest BCUT2D eigenvalue weighted by atomic mass is 10.1. The Bertz CT molecular complexity index is 198. The predicted octanol–water partition coefficient (Wildman–Crippen LogP) is 1.59. The fourth-order valence-corrected chi connectivity index (χ4v) is 0.424. The van der Waals surface area contributed by atoms with Gasteiger partial charge >= 0.3 is 12.1 Å². The number of carbonyl (C=O) groups is 1. The highest BCUT2D eigenvalue weighted by atomic mass is 19.4. The lowest BCUT2D eigenvalue weighted by Gasteiger charge is -2.09. The molecule has 0 aromatic rings. The quantitative estimate of drug-likeness (QED) is 0.632. The van der Waals surface area contributed by atoms with Gasteiger partial charge in [-0.2, -0.15) is 13.2 Å². The van der Waals surface area contributed by atoms with Crippen LogP contribution in [0.3, 0.4) is 0 Å². The van der Waals surface area contributed by atoms with Gasteiger partial charge < -0.3 is 5.11 Å². The molecule has 0 rings (SSSR count). The number of hydrogen-bond donors (Lipinski definition) is 1. The van der Waals surface area contributed by atoms with Crippen LogP contribution in [0.25, 0.3) is 0 Å². The zero-order valence-corrected chi connectivity index (χ0v) is 5.35. The molecule has 62 valence electrons. The van der Waals surface area contributed by atoms with Gasteiger partial charge in [-0.3, -0.25) is 4.79 Å². The fraction of sp³-hybridized carbons (Fsp3) is 0.333. The summed E-state index contributed by atoms with van der Waals surface area (Å²) in [5.74, 6) is -4.45. The van der Waals surface area contributed by atoms with E-state index in [4.69, 9.17) is 5.11 Å². The standard InChI is InChI=1S/C6H5F3O2/c1-2-3-4(5(10)11)6(7,8)9/h3-4H,1H2,(H,10,11). The summed E-state index contributed by atoms with van der Waals surface area (Å²) >= 11 is 0. The van der Waals surface area contributed by atoms with Gasteiger partial charge in [0.15, 0.2) is 5.92 Å². The highest BCUT2D eigenvalue weighted by Crippen LogP contribution is 2.26. The molecule has 1 N–H and O–H groups in total. The molecule has 0 saturated heterocycles. The minimum atomic E-state index is -4.77. The van der Waals surface area contributed by atoms with Crippen molar-refractivity contribution in [3.63, 3.8) is 0 Å². The summed E-state index contributed by atoms with van der Waals surface area (Å²) in [6, 6.07) is 0. The second-order valence-corrected chi connectivity index (χ2v) is 1.73. The molecule has 0 aromatic heterocycles. The zero-order valence-electron chi connectivity index (χ0n) is 5.35. The normalized spacial score (nSPS) is 13.4. The van der Waals surface area contributed by atoms with E-state index in [0.29, 0.717) is 6.08 Å². The average Bonchev–Trinajstić information content (AvgIpc) is 1.79. The maximum absolute atomic E-state index is 11.7. The third-order valence-electron chi connectivity index (χ3n) is 0.903. The molecular formula is C6H5F3O2. The number of alkyl halides is 3. The van der Waals surface area contributed by atoms with Crippen LogP contribution in [0, 0.1) is 5.92 Å². The van der Waals surface area contributed by atoms with Crippen LogP contribution in [0.1, 0.15) is 0 Å². The van der Waals surface area contributed by atoms with Gasteiger partial charge in [-0.25, -0.2) is 0 Å². The van der Waals surface area contributed by atoms with Crippen molar-refractivity contribution in [3.05, 3.63) is 18.4 Å². The maximum atomic E-state index is 11.7. The van der Waals surface area contributed by atoms with Crippen LogP contribution >= 0.6 is 0 Å². The van der Waals surface area contributed by atoms with Crippen LogP contribution < -0.4 is 0 Å². The van der Waals surface area contributed by atoms with Crippen LogP contribution in [0.4, 0.5) is 13.2 Å². The molecule has 0 heterocycles. The first-order valence-corrected chi connectivity index (χ1v) is 2.55. The van der Waals surface area contributed by atoms with Gasteiger partial charge in [0.25, 0.3) is 0 Å². The lowest BCUT2D eigenvalue weighted by Crippen LogP contribution is -2.28. The van der Waals surface area contributed by atoms with Crippen molar-refractivity contribution < 1.29 is 23.1 Å². The van der Waals surface area contributed by atoms with E-state index < -0.39 is 18.1 Å². The summed E-state index contributed by atoms with van der Waals surface area (Å²) < 4.78 is 35.0. The van der Waals surface area contributed by atoms with Crippen molar-refractivity contribution in [2.45, 2.75) is 6.18 Å². The SMILES string of the molecule is C=C=CC(C(=O)O)C(F)(F)F. The molecule has 0 spiro atoms. The summed E-state index contributed by atoms with van der Waals surface area (Å²) in [5.41, 5.74) is 1.78. The fourth-order valence-electron chi connectivity index (χ4n) is 0.424. The molecule has 1 atom stereocenters. The molecule has 0 bridgehead atoms. The highest BCUT2D eigenvalue weighted by molar-refractivity contribution is 5.73. The van der Waals surface area contributed by atoms with Crippen molar-refractivity contribution in [2.24, 2.45) is 5.92 Å². The monoisotopic (exact) mass is 166 g/mol. The van der Waals surface area contributed by atoms with E-state index >= 15 is 0 Å². The third-order valence-corrected chi connectivity index (χ3v) is 0.903. The molecule has 0 radical (unpaired) electrons. The Morgan fingerprint density at radius 3 is 2.18 bits per heavy atom. The lowest BCUT2D eigenvalue weighted by molar-refractivity contribution is -0.183. The van der Waals surface area contributed by atoms with Crippen molar-refractivity contribution in [1.82, 2.24) is 0 Å². The summed E-state index contributed by atoms with van der Waals surface area (Å²) in [5, 5.41) is 8.02. The Morgan fingerprint density at radius 2 is 2.09 bits per heavy atom. The summed E-state index contributed by atoms with van der Waals surface area (Å²) in [6.07, 6.45) is -4.40. The second kappa shape index (κ2) is 3.25. The van der Waals surface area contributed by atoms with Gasteiger partial charge in [0.05, 0.1) is 0 Å². The number of halogens is 3. The molecular weight excluding hydrogens is 161 g/mol. The first-order valence-electron chi connectivity index (χ1n) is 2.55.